The Hall–Kier alpha value is -1.04. The molecular weight excluding hydrogens is 208 g/mol. The first kappa shape index (κ1) is 11.0. The van der Waals surface area contributed by atoms with Crippen LogP contribution in [0.1, 0.15) is 6.92 Å². The van der Waals surface area contributed by atoms with Crippen LogP contribution in [0.3, 0.4) is 0 Å². The quantitative estimate of drug-likeness (QED) is 0.630. The summed E-state index contributed by atoms with van der Waals surface area (Å²) in [6.45, 7) is 2.01. The summed E-state index contributed by atoms with van der Waals surface area (Å²) >= 11 is 0. The lowest BCUT2D eigenvalue weighted by Gasteiger charge is -2.04. The molecule has 80 valence electrons. The molecule has 14 heavy (non-hydrogen) atoms. The lowest BCUT2D eigenvalue weighted by Crippen LogP contribution is -2.16. The molecule has 0 aliphatic carbocycles. The molecule has 0 saturated carbocycles. The highest BCUT2D eigenvalue weighted by molar-refractivity contribution is 7.94. The van der Waals surface area contributed by atoms with E-state index in [9.17, 15) is 13.2 Å². The van der Waals surface area contributed by atoms with Crippen molar-refractivity contribution in [3.05, 3.63) is 11.2 Å². The largest absolute Gasteiger partial charge is 0.482 e. The van der Waals surface area contributed by atoms with Gasteiger partial charge in [-0.15, -0.1) is 0 Å². The molecular formula is C8H12O5S. The minimum Gasteiger partial charge on any atom is -0.482 e. The molecule has 1 rings (SSSR count). The Bertz CT molecular complexity index is 354. The first-order valence-electron chi connectivity index (χ1n) is 4.16. The van der Waals surface area contributed by atoms with Crippen LogP contribution in [0.4, 0.5) is 0 Å². The zero-order chi connectivity index (χ0) is 10.8. The highest BCUT2D eigenvalue weighted by atomic mass is 32.2. The smallest absolute Gasteiger partial charge is 0.316 e. The van der Waals surface area contributed by atoms with Gasteiger partial charge >= 0.3 is 5.97 Å². The van der Waals surface area contributed by atoms with E-state index in [2.05, 4.69) is 0 Å². The molecule has 1 unspecified atom stereocenters. The molecule has 0 N–H and O–H groups in total. The van der Waals surface area contributed by atoms with Crippen molar-refractivity contribution < 1.29 is 22.7 Å². The standard InChI is InChI=1S/C8H12O5S/c1-3-12-8(9)6-4-7(13-5-6)14(2,10)11/h4,6H,3,5H2,1-2H3. The minimum absolute atomic E-state index is 0.0429. The molecule has 1 atom stereocenters. The highest BCUT2D eigenvalue weighted by Gasteiger charge is 2.29. The Labute approximate surface area is 82.6 Å². The van der Waals surface area contributed by atoms with E-state index >= 15 is 0 Å². The van der Waals surface area contributed by atoms with Crippen LogP contribution in [0, 0.1) is 5.92 Å². The zero-order valence-corrected chi connectivity index (χ0v) is 8.83. The van der Waals surface area contributed by atoms with E-state index in [-0.39, 0.29) is 18.3 Å². The average Bonchev–Trinajstić information content (AvgIpc) is 2.51. The van der Waals surface area contributed by atoms with E-state index in [1.54, 1.807) is 6.92 Å². The Balaban J connectivity index is 2.72. The monoisotopic (exact) mass is 220 g/mol. The van der Waals surface area contributed by atoms with Gasteiger partial charge in [0.1, 0.15) is 12.5 Å². The Kier molecular flexibility index (Phi) is 3.15. The van der Waals surface area contributed by atoms with Gasteiger partial charge in [0.05, 0.1) is 6.61 Å². The second-order valence-electron chi connectivity index (χ2n) is 2.93. The fourth-order valence-electron chi connectivity index (χ4n) is 1.05. The molecule has 0 amide bonds. The third kappa shape index (κ3) is 2.47. The molecule has 0 bridgehead atoms. The van der Waals surface area contributed by atoms with Crippen LogP contribution in [0.2, 0.25) is 0 Å². The van der Waals surface area contributed by atoms with Crippen molar-refractivity contribution in [3.63, 3.8) is 0 Å². The summed E-state index contributed by atoms with van der Waals surface area (Å²) in [6.07, 6.45) is 2.32. The number of sulfone groups is 1. The van der Waals surface area contributed by atoms with Crippen LogP contribution in [0.5, 0.6) is 0 Å². The Morgan fingerprint density at radius 1 is 1.71 bits per heavy atom. The van der Waals surface area contributed by atoms with Crippen LogP contribution in [0.15, 0.2) is 11.2 Å². The first-order valence-corrected chi connectivity index (χ1v) is 6.05. The van der Waals surface area contributed by atoms with Gasteiger partial charge in [-0.25, -0.2) is 8.42 Å². The summed E-state index contributed by atoms with van der Waals surface area (Å²) in [5.41, 5.74) is 0. The van der Waals surface area contributed by atoms with Crippen LogP contribution < -0.4 is 0 Å². The molecule has 0 aromatic heterocycles. The Morgan fingerprint density at radius 2 is 2.36 bits per heavy atom. The van der Waals surface area contributed by atoms with Gasteiger partial charge in [-0.2, -0.15) is 0 Å². The van der Waals surface area contributed by atoms with Crippen LogP contribution >= 0.6 is 0 Å². The van der Waals surface area contributed by atoms with Crippen LogP contribution in [0.25, 0.3) is 0 Å². The molecule has 1 aliphatic heterocycles. The number of ether oxygens (including phenoxy) is 2. The van der Waals surface area contributed by atoms with Gasteiger partial charge in [0.15, 0.2) is 0 Å². The molecule has 1 heterocycles. The fourth-order valence-corrected chi connectivity index (χ4v) is 1.74. The van der Waals surface area contributed by atoms with Gasteiger partial charge in [0.2, 0.25) is 14.9 Å². The van der Waals surface area contributed by atoms with Crippen molar-refractivity contribution in [2.24, 2.45) is 5.92 Å². The third-order valence-corrected chi connectivity index (χ3v) is 2.68. The van der Waals surface area contributed by atoms with Gasteiger partial charge < -0.3 is 9.47 Å². The maximum atomic E-state index is 11.2. The first-order chi connectivity index (χ1) is 6.45. The number of carbonyl (C=O) groups is 1. The van der Waals surface area contributed by atoms with E-state index in [0.717, 1.165) is 6.26 Å². The van der Waals surface area contributed by atoms with Gasteiger partial charge in [0.25, 0.3) is 0 Å². The van der Waals surface area contributed by atoms with E-state index in [4.69, 9.17) is 9.47 Å². The van der Waals surface area contributed by atoms with E-state index in [1.807, 2.05) is 0 Å². The summed E-state index contributed by atoms with van der Waals surface area (Å²) in [5.74, 6) is -1.05. The predicted octanol–water partition coefficient (Wildman–Crippen LogP) is 0.0819. The summed E-state index contributed by atoms with van der Waals surface area (Å²) in [7, 11) is -3.35. The number of hydrogen-bond acceptors (Lipinski definition) is 5. The minimum atomic E-state index is -3.35. The number of esters is 1. The van der Waals surface area contributed by atoms with Gasteiger partial charge in [-0.3, -0.25) is 4.79 Å². The second-order valence-corrected chi connectivity index (χ2v) is 4.87. The third-order valence-electron chi connectivity index (χ3n) is 1.70. The summed E-state index contributed by atoms with van der Waals surface area (Å²) in [5, 5.41) is -0.143. The maximum Gasteiger partial charge on any atom is 0.316 e. The number of hydrogen-bond donors (Lipinski definition) is 0. The van der Waals surface area contributed by atoms with Gasteiger partial charge in [-0.05, 0) is 13.0 Å². The van der Waals surface area contributed by atoms with Crippen molar-refractivity contribution in [1.29, 1.82) is 0 Å². The fraction of sp³-hybridized carbons (Fsp3) is 0.625. The molecule has 0 aromatic rings. The summed E-state index contributed by atoms with van der Waals surface area (Å²) in [6, 6.07) is 0. The van der Waals surface area contributed by atoms with Crippen molar-refractivity contribution in [1.82, 2.24) is 0 Å². The van der Waals surface area contributed by atoms with Crippen molar-refractivity contribution in [2.45, 2.75) is 6.92 Å². The number of rotatable bonds is 3. The lowest BCUT2D eigenvalue weighted by atomic mass is 10.2. The van der Waals surface area contributed by atoms with Gasteiger partial charge in [0, 0.05) is 6.26 Å². The predicted molar refractivity (Wildman–Crippen MR) is 49.0 cm³/mol. The topological polar surface area (TPSA) is 69.7 Å². The van der Waals surface area contributed by atoms with Crippen molar-refractivity contribution >= 4 is 15.8 Å². The molecule has 1 aliphatic rings. The van der Waals surface area contributed by atoms with Crippen molar-refractivity contribution in [2.75, 3.05) is 19.5 Å². The van der Waals surface area contributed by atoms with E-state index in [0.29, 0.717) is 0 Å². The van der Waals surface area contributed by atoms with Gasteiger partial charge in [-0.1, -0.05) is 0 Å². The molecule has 5 nitrogen and oxygen atoms in total. The normalized spacial score (nSPS) is 21.3. The second kappa shape index (κ2) is 4.00. The molecule has 0 spiro atoms. The SMILES string of the molecule is CCOC(=O)C1C=C(S(C)(=O)=O)OC1. The average molecular weight is 220 g/mol. The number of carbonyl (C=O) groups excluding carboxylic acids is 1. The lowest BCUT2D eigenvalue weighted by molar-refractivity contribution is -0.146. The molecule has 0 radical (unpaired) electrons. The van der Waals surface area contributed by atoms with Crippen LogP contribution in [-0.4, -0.2) is 33.9 Å². The zero-order valence-electron chi connectivity index (χ0n) is 8.02. The maximum absolute atomic E-state index is 11.2. The van der Waals surface area contributed by atoms with Crippen molar-refractivity contribution in [3.8, 4) is 0 Å². The molecule has 0 aromatic carbocycles. The Morgan fingerprint density at radius 3 is 2.79 bits per heavy atom. The van der Waals surface area contributed by atoms with Crippen LogP contribution in [-0.2, 0) is 24.1 Å². The van der Waals surface area contributed by atoms with E-state index in [1.165, 1.54) is 6.08 Å². The highest BCUT2D eigenvalue weighted by Crippen LogP contribution is 2.20. The molecule has 6 heteroatoms. The van der Waals surface area contributed by atoms with E-state index < -0.39 is 21.7 Å². The molecule has 0 saturated heterocycles. The molecule has 0 fully saturated rings. The summed E-state index contributed by atoms with van der Waals surface area (Å²) < 4.78 is 31.6. The summed E-state index contributed by atoms with van der Waals surface area (Å²) in [4.78, 5) is 11.2.